The topological polar surface area (TPSA) is 141 Å². The lowest BCUT2D eigenvalue weighted by Gasteiger charge is -2.29. The number of amides is 4. The van der Waals surface area contributed by atoms with E-state index in [0.717, 1.165) is 20.9 Å². The molecule has 3 heterocycles. The second kappa shape index (κ2) is 16.2. The van der Waals surface area contributed by atoms with Gasteiger partial charge in [0.2, 0.25) is 5.91 Å². The monoisotopic (exact) mass is 727 g/mol. The van der Waals surface area contributed by atoms with Gasteiger partial charge in [-0.15, -0.1) is 23.1 Å². The van der Waals surface area contributed by atoms with Crippen LogP contribution in [0.5, 0.6) is 0 Å². The highest BCUT2D eigenvalue weighted by Gasteiger charge is 2.31. The van der Waals surface area contributed by atoms with Gasteiger partial charge in [-0.1, -0.05) is 31.2 Å². The van der Waals surface area contributed by atoms with Crippen molar-refractivity contribution < 1.29 is 23.9 Å². The summed E-state index contributed by atoms with van der Waals surface area (Å²) in [6, 6.07) is 19.9. The molecule has 1 aliphatic heterocycles. The summed E-state index contributed by atoms with van der Waals surface area (Å²) < 4.78 is 5.53. The molecular formula is C37H37N5O5S3. The molecule has 10 nitrogen and oxygen atoms in total. The summed E-state index contributed by atoms with van der Waals surface area (Å²) in [5, 5.41) is 22.3. The predicted octanol–water partition coefficient (Wildman–Crippen LogP) is 7.89. The van der Waals surface area contributed by atoms with Crippen LogP contribution in [0.1, 0.15) is 66.0 Å². The zero-order valence-corrected chi connectivity index (χ0v) is 30.5. The van der Waals surface area contributed by atoms with Gasteiger partial charge in [-0.05, 0) is 98.0 Å². The lowest BCUT2D eigenvalue weighted by molar-refractivity contribution is -0.116. The van der Waals surface area contributed by atoms with Crippen molar-refractivity contribution in [2.24, 2.45) is 0 Å². The van der Waals surface area contributed by atoms with E-state index in [4.69, 9.17) is 4.74 Å². The van der Waals surface area contributed by atoms with Crippen LogP contribution in [0, 0.1) is 11.3 Å². The number of thioether (sulfide) groups is 1. The number of anilines is 2. The van der Waals surface area contributed by atoms with Crippen molar-refractivity contribution in [1.29, 1.82) is 5.26 Å². The molecule has 0 radical (unpaired) electrons. The summed E-state index contributed by atoms with van der Waals surface area (Å²) in [5.74, 6) is -1.16. The number of nitriles is 1. The highest BCUT2D eigenvalue weighted by atomic mass is 32.2. The van der Waals surface area contributed by atoms with Crippen LogP contribution >= 0.6 is 34.4 Å². The Balaban J connectivity index is 1.26. The van der Waals surface area contributed by atoms with E-state index in [9.17, 15) is 24.4 Å². The number of carbonyl (C=O) groups is 4. The summed E-state index contributed by atoms with van der Waals surface area (Å²) in [6.07, 6.45) is 2.21. The zero-order chi connectivity index (χ0) is 35.8. The van der Waals surface area contributed by atoms with E-state index in [1.165, 1.54) is 34.4 Å². The highest BCUT2D eigenvalue weighted by molar-refractivity contribution is 8.00. The molecule has 0 bridgehead atoms. The van der Waals surface area contributed by atoms with Crippen LogP contribution in [-0.2, 0) is 27.3 Å². The second-order valence-electron chi connectivity index (χ2n) is 12.4. The molecule has 0 fully saturated rings. The van der Waals surface area contributed by atoms with Gasteiger partial charge in [0.05, 0.1) is 17.4 Å². The Kier molecular flexibility index (Phi) is 11.8. The number of thiophene rings is 2. The standard InChI is InChI=1S/C37H37N5O5S3/c1-5-30(34(45)41-35-28(20-38)27-14-16-42(21-31(27)50-35)36(46)47-37(2,3)4)49-26-13-9-12-25(19-26)39-33(44)29(18-23-15-17-48-22-23)40-32(43)24-10-7-6-8-11-24/h6-13,15,17-19,22,30H,5,14,16,21H2,1-4H3,(H,39,44)(H,40,43)(H,41,45)/b29-18-. The Morgan fingerprint density at radius 2 is 1.86 bits per heavy atom. The SMILES string of the molecule is CCC(Sc1cccc(NC(=O)/C(=C/c2ccsc2)NC(=O)c2ccccc2)c1)C(=O)Nc1sc2c(c1C#N)CCN(C(=O)OC(C)(C)C)C2. The Labute approximate surface area is 303 Å². The fourth-order valence-corrected chi connectivity index (χ4v) is 7.93. The first kappa shape index (κ1) is 36.4. The maximum atomic E-state index is 13.5. The molecule has 0 saturated heterocycles. The summed E-state index contributed by atoms with van der Waals surface area (Å²) in [5.41, 5.74) is 2.44. The molecule has 1 atom stereocenters. The van der Waals surface area contributed by atoms with Crippen molar-refractivity contribution in [1.82, 2.24) is 10.2 Å². The van der Waals surface area contributed by atoms with Crippen LogP contribution in [0.4, 0.5) is 15.5 Å². The number of rotatable bonds is 10. The normalized spacial score (nSPS) is 13.4. The maximum Gasteiger partial charge on any atom is 0.410 e. The second-order valence-corrected chi connectivity index (χ2v) is 15.6. The van der Waals surface area contributed by atoms with E-state index >= 15 is 0 Å². The minimum absolute atomic E-state index is 0.0854. The maximum absolute atomic E-state index is 13.5. The van der Waals surface area contributed by atoms with Crippen LogP contribution in [-0.4, -0.2) is 46.1 Å². The highest BCUT2D eigenvalue weighted by Crippen LogP contribution is 2.38. The first-order chi connectivity index (χ1) is 23.9. The van der Waals surface area contributed by atoms with E-state index in [1.54, 1.807) is 53.4 Å². The fourth-order valence-electron chi connectivity index (χ4n) is 5.08. The van der Waals surface area contributed by atoms with Crippen molar-refractivity contribution >= 4 is 75.0 Å². The molecule has 1 aliphatic rings. The molecule has 13 heteroatoms. The number of nitrogens with zero attached hydrogens (tertiary/aromatic N) is 2. The van der Waals surface area contributed by atoms with Crippen molar-refractivity contribution in [3.63, 3.8) is 0 Å². The third-order valence-electron chi connectivity index (χ3n) is 7.47. The van der Waals surface area contributed by atoms with Gasteiger partial charge in [0.25, 0.3) is 11.8 Å². The molecule has 2 aromatic carbocycles. The van der Waals surface area contributed by atoms with Crippen molar-refractivity contribution in [2.45, 2.75) is 62.8 Å². The summed E-state index contributed by atoms with van der Waals surface area (Å²) in [7, 11) is 0. The van der Waals surface area contributed by atoms with E-state index < -0.39 is 28.8 Å². The van der Waals surface area contributed by atoms with Gasteiger partial charge in [0.15, 0.2) is 0 Å². The van der Waals surface area contributed by atoms with Gasteiger partial charge in [0, 0.05) is 27.6 Å². The largest absolute Gasteiger partial charge is 0.444 e. The molecule has 0 saturated carbocycles. The van der Waals surface area contributed by atoms with E-state index in [0.29, 0.717) is 47.7 Å². The summed E-state index contributed by atoms with van der Waals surface area (Å²) >= 11 is 4.13. The number of carbonyl (C=O) groups excluding carboxylic acids is 4. The minimum atomic E-state index is -0.619. The van der Waals surface area contributed by atoms with Crippen LogP contribution in [0.25, 0.3) is 6.08 Å². The Morgan fingerprint density at radius 3 is 2.54 bits per heavy atom. The first-order valence-electron chi connectivity index (χ1n) is 16.0. The van der Waals surface area contributed by atoms with Gasteiger partial charge in [-0.25, -0.2) is 4.79 Å². The number of ether oxygens (including phenoxy) is 1. The number of fused-ring (bicyclic) bond motifs is 1. The van der Waals surface area contributed by atoms with Gasteiger partial charge in [0.1, 0.15) is 22.4 Å². The molecule has 0 spiro atoms. The molecule has 3 N–H and O–H groups in total. The summed E-state index contributed by atoms with van der Waals surface area (Å²) in [6.45, 7) is 8.09. The Bertz CT molecular complexity index is 1940. The van der Waals surface area contributed by atoms with E-state index in [1.807, 2.05) is 56.7 Å². The van der Waals surface area contributed by atoms with Crippen molar-refractivity contribution in [3.05, 3.63) is 104 Å². The lowest BCUT2D eigenvalue weighted by Crippen LogP contribution is -2.39. The molecule has 4 amide bonds. The van der Waals surface area contributed by atoms with Crippen molar-refractivity contribution in [2.75, 3.05) is 17.2 Å². The smallest absolute Gasteiger partial charge is 0.410 e. The number of hydrogen-bond acceptors (Lipinski definition) is 9. The van der Waals surface area contributed by atoms with Gasteiger partial charge in [-0.2, -0.15) is 16.6 Å². The molecule has 258 valence electrons. The first-order valence-corrected chi connectivity index (χ1v) is 18.6. The number of nitrogens with one attached hydrogen (secondary N) is 3. The molecular weight excluding hydrogens is 691 g/mol. The molecule has 1 unspecified atom stereocenters. The molecule has 2 aromatic heterocycles. The number of benzene rings is 2. The van der Waals surface area contributed by atoms with E-state index in [-0.39, 0.29) is 11.6 Å². The Hall–Kier alpha value is -4.90. The van der Waals surface area contributed by atoms with Gasteiger partial charge < -0.3 is 25.6 Å². The van der Waals surface area contributed by atoms with Gasteiger partial charge in [-0.3, -0.25) is 14.4 Å². The minimum Gasteiger partial charge on any atom is -0.444 e. The van der Waals surface area contributed by atoms with E-state index in [2.05, 4.69) is 22.0 Å². The molecule has 50 heavy (non-hydrogen) atoms. The zero-order valence-electron chi connectivity index (χ0n) is 28.1. The third-order valence-corrected chi connectivity index (χ3v) is 10.7. The average molecular weight is 728 g/mol. The number of hydrogen-bond donors (Lipinski definition) is 3. The van der Waals surface area contributed by atoms with Crippen molar-refractivity contribution in [3.8, 4) is 6.07 Å². The van der Waals surface area contributed by atoms with Crippen LogP contribution in [0.3, 0.4) is 0 Å². The van der Waals surface area contributed by atoms with Crippen LogP contribution < -0.4 is 16.0 Å². The quantitative estimate of drug-likeness (QED) is 0.111. The van der Waals surface area contributed by atoms with Crippen LogP contribution in [0.2, 0.25) is 0 Å². The predicted molar refractivity (Wildman–Crippen MR) is 199 cm³/mol. The molecule has 0 aliphatic carbocycles. The summed E-state index contributed by atoms with van der Waals surface area (Å²) in [4.78, 5) is 55.8. The molecule has 4 aromatic rings. The van der Waals surface area contributed by atoms with Crippen LogP contribution in [0.15, 0.2) is 82.0 Å². The third kappa shape index (κ3) is 9.41. The molecule has 5 rings (SSSR count). The van der Waals surface area contributed by atoms with Gasteiger partial charge >= 0.3 is 6.09 Å². The Morgan fingerprint density at radius 1 is 1.08 bits per heavy atom. The fraction of sp³-hybridized carbons (Fsp3) is 0.270. The lowest BCUT2D eigenvalue weighted by atomic mass is 10.0. The average Bonchev–Trinajstić information content (AvgIpc) is 3.73.